The normalized spacial score (nSPS) is 13.6. The van der Waals surface area contributed by atoms with Crippen LogP contribution in [0.5, 0.6) is 0 Å². The van der Waals surface area contributed by atoms with Crippen LogP contribution in [0.3, 0.4) is 0 Å². The molecule has 2 atom stereocenters. The molecule has 0 amide bonds. The molecule has 2 aromatic heterocycles. The number of hydrogen-bond acceptors (Lipinski definition) is 8. The number of aliphatic hydroxyl groups is 1. The van der Waals surface area contributed by atoms with E-state index in [-0.39, 0.29) is 41.4 Å². The van der Waals surface area contributed by atoms with Crippen LogP contribution >= 0.6 is 11.6 Å². The zero-order valence-electron chi connectivity index (χ0n) is 22.8. The Morgan fingerprint density at radius 2 is 1.79 bits per heavy atom. The molecule has 43 heavy (non-hydrogen) atoms. The van der Waals surface area contributed by atoms with Crippen LogP contribution in [0.25, 0.3) is 10.9 Å². The number of nitrogens with two attached hydrogens (primary N) is 1. The van der Waals surface area contributed by atoms with E-state index >= 15 is 0 Å². The molecule has 2 unspecified atom stereocenters. The largest absolute Gasteiger partial charge is 0.499 e. The van der Waals surface area contributed by atoms with E-state index in [4.69, 9.17) is 17.3 Å². The number of alkyl halides is 3. The number of carboxylic acids is 1. The van der Waals surface area contributed by atoms with Crippen molar-refractivity contribution in [1.82, 2.24) is 14.9 Å². The SMILES string of the molecule is CC(Cc1ccc2c(c1)cc(C(=O)O)n2Cc1ccc(NCS(=O)(=O)C(F)(F)F)cc1)NCC(O)c1cnc(N)c(Cl)c1. The number of anilines is 2. The van der Waals surface area contributed by atoms with Crippen LogP contribution < -0.4 is 16.4 Å². The average Bonchev–Trinajstić information content (AvgIpc) is 3.30. The molecule has 0 aliphatic carbocycles. The van der Waals surface area contributed by atoms with Crippen LogP contribution in [0.2, 0.25) is 5.02 Å². The molecule has 0 aliphatic heterocycles. The molecule has 2 heterocycles. The van der Waals surface area contributed by atoms with Gasteiger partial charge in [0.25, 0.3) is 9.84 Å². The minimum absolute atomic E-state index is 0.0383. The Labute approximate surface area is 250 Å². The van der Waals surface area contributed by atoms with Crippen molar-refractivity contribution in [1.29, 1.82) is 0 Å². The molecular formula is C28H29ClF3N5O5S. The summed E-state index contributed by atoms with van der Waals surface area (Å²) >= 11 is 5.99. The quantitative estimate of drug-likeness (QED) is 0.150. The van der Waals surface area contributed by atoms with Gasteiger partial charge in [-0.3, -0.25) is 0 Å². The minimum Gasteiger partial charge on any atom is -0.477 e. The van der Waals surface area contributed by atoms with Crippen molar-refractivity contribution in [2.75, 3.05) is 23.5 Å². The summed E-state index contributed by atoms with van der Waals surface area (Å²) in [7, 11) is -5.33. The fourth-order valence-electron chi connectivity index (χ4n) is 4.47. The summed E-state index contributed by atoms with van der Waals surface area (Å²) in [4.78, 5) is 16.0. The smallest absolute Gasteiger partial charge is 0.477 e. The van der Waals surface area contributed by atoms with Gasteiger partial charge in [-0.15, -0.1) is 0 Å². The predicted octanol–water partition coefficient (Wildman–Crippen LogP) is 4.58. The number of aromatic nitrogens is 2. The van der Waals surface area contributed by atoms with Crippen LogP contribution in [0.4, 0.5) is 24.7 Å². The highest BCUT2D eigenvalue weighted by Gasteiger charge is 2.45. The van der Waals surface area contributed by atoms with Gasteiger partial charge in [-0.2, -0.15) is 13.2 Å². The second kappa shape index (κ2) is 12.8. The number of nitrogen functional groups attached to an aromatic ring is 1. The predicted molar refractivity (Wildman–Crippen MR) is 158 cm³/mol. The fraction of sp³-hybridized carbons (Fsp3) is 0.286. The van der Waals surface area contributed by atoms with Crippen molar-refractivity contribution >= 4 is 49.8 Å². The lowest BCUT2D eigenvalue weighted by Crippen LogP contribution is -2.32. The van der Waals surface area contributed by atoms with Crippen LogP contribution in [-0.2, 0) is 22.8 Å². The van der Waals surface area contributed by atoms with Gasteiger partial charge in [0.15, 0.2) is 0 Å². The molecule has 10 nitrogen and oxygen atoms in total. The summed E-state index contributed by atoms with van der Waals surface area (Å²) < 4.78 is 61.9. The Kier molecular flexibility index (Phi) is 9.54. The summed E-state index contributed by atoms with van der Waals surface area (Å²) in [6.07, 6.45) is 1.21. The van der Waals surface area contributed by atoms with E-state index in [0.29, 0.717) is 28.5 Å². The number of nitrogens with one attached hydrogen (secondary N) is 2. The molecule has 0 bridgehead atoms. The molecule has 0 saturated heterocycles. The monoisotopic (exact) mass is 639 g/mol. The topological polar surface area (TPSA) is 160 Å². The third-order valence-corrected chi connectivity index (χ3v) is 8.31. The van der Waals surface area contributed by atoms with E-state index in [1.165, 1.54) is 18.3 Å². The maximum absolute atomic E-state index is 12.6. The third kappa shape index (κ3) is 7.76. The first kappa shape index (κ1) is 32.1. The Morgan fingerprint density at radius 1 is 1.12 bits per heavy atom. The Balaban J connectivity index is 1.43. The molecule has 0 spiro atoms. The maximum Gasteiger partial charge on any atom is 0.499 e. The Morgan fingerprint density at radius 3 is 2.42 bits per heavy atom. The van der Waals surface area contributed by atoms with Crippen LogP contribution in [0.1, 0.15) is 40.2 Å². The van der Waals surface area contributed by atoms with Gasteiger partial charge < -0.3 is 31.1 Å². The molecule has 0 aliphatic rings. The first-order valence-corrected chi connectivity index (χ1v) is 15.0. The Hall–Kier alpha value is -3.85. The second-order valence-corrected chi connectivity index (χ2v) is 12.4. The summed E-state index contributed by atoms with van der Waals surface area (Å²) in [5.74, 6) is -2.25. The number of carboxylic acid groups (broad SMARTS) is 1. The Bertz CT molecular complexity index is 1730. The molecule has 0 saturated carbocycles. The third-order valence-electron chi connectivity index (χ3n) is 6.78. The van der Waals surface area contributed by atoms with E-state index in [9.17, 15) is 36.6 Å². The number of sulfone groups is 1. The van der Waals surface area contributed by atoms with Gasteiger partial charge in [-0.1, -0.05) is 29.8 Å². The number of hydrogen-bond donors (Lipinski definition) is 5. The van der Waals surface area contributed by atoms with Crippen molar-refractivity contribution in [3.63, 3.8) is 0 Å². The highest BCUT2D eigenvalue weighted by atomic mass is 35.5. The van der Waals surface area contributed by atoms with Crippen LogP contribution in [-0.4, -0.2) is 58.1 Å². The first-order valence-electron chi connectivity index (χ1n) is 12.9. The standard InChI is InChI=1S/C28H29ClF3N5O5S/c1-16(34-13-25(38)20-10-22(29)26(33)35-12-20)8-18-4-7-23-19(9-18)11-24(27(39)40)37(23)14-17-2-5-21(6-3-17)36-15-43(41,42)28(30,31)32/h2-7,9-12,16,25,34,36,38H,8,13-15H2,1H3,(H2,33,35)(H,39,40). The zero-order valence-corrected chi connectivity index (χ0v) is 24.3. The van der Waals surface area contributed by atoms with Crippen LogP contribution in [0.15, 0.2) is 60.8 Å². The van der Waals surface area contributed by atoms with E-state index in [0.717, 1.165) is 5.56 Å². The second-order valence-electron chi connectivity index (χ2n) is 10.1. The molecule has 0 radical (unpaired) electrons. The van der Waals surface area contributed by atoms with E-state index in [2.05, 4.69) is 15.6 Å². The molecule has 2 aromatic carbocycles. The van der Waals surface area contributed by atoms with Gasteiger partial charge in [0, 0.05) is 47.5 Å². The summed E-state index contributed by atoms with van der Waals surface area (Å²) in [5, 5.41) is 26.8. The maximum atomic E-state index is 12.6. The number of aliphatic hydroxyl groups excluding tert-OH is 1. The number of benzene rings is 2. The summed E-state index contributed by atoms with van der Waals surface area (Å²) in [6.45, 7) is 2.36. The minimum atomic E-state index is -5.36. The fourth-order valence-corrected chi connectivity index (χ4v) is 5.16. The van der Waals surface area contributed by atoms with E-state index in [1.54, 1.807) is 28.8 Å². The average molecular weight is 640 g/mol. The lowest BCUT2D eigenvalue weighted by atomic mass is 10.0. The van der Waals surface area contributed by atoms with Gasteiger partial charge in [0.1, 0.15) is 17.4 Å². The van der Waals surface area contributed by atoms with Crippen LogP contribution in [0, 0.1) is 0 Å². The van der Waals surface area contributed by atoms with E-state index in [1.807, 2.05) is 25.1 Å². The summed E-state index contributed by atoms with van der Waals surface area (Å²) in [6, 6.07) is 14.7. The number of nitrogens with zero attached hydrogens (tertiary/aromatic N) is 2. The number of fused-ring (bicyclic) bond motifs is 1. The number of halogens is 4. The number of pyridine rings is 1. The molecular weight excluding hydrogens is 611 g/mol. The van der Waals surface area contributed by atoms with Crippen molar-refractivity contribution in [3.8, 4) is 0 Å². The molecule has 15 heteroatoms. The molecule has 4 aromatic rings. The van der Waals surface area contributed by atoms with Gasteiger partial charge in [-0.25, -0.2) is 18.2 Å². The number of carbonyl (C=O) groups is 1. The van der Waals surface area contributed by atoms with Crippen molar-refractivity contribution < 1.29 is 36.6 Å². The van der Waals surface area contributed by atoms with E-state index < -0.39 is 33.3 Å². The molecule has 0 fully saturated rings. The van der Waals surface area contributed by atoms with Crippen molar-refractivity contribution in [2.24, 2.45) is 0 Å². The summed E-state index contributed by atoms with van der Waals surface area (Å²) in [5.41, 5.74) is 3.28. The van der Waals surface area contributed by atoms with Gasteiger partial charge in [-0.05, 0) is 60.9 Å². The number of rotatable bonds is 12. The van der Waals surface area contributed by atoms with Crippen molar-refractivity contribution in [2.45, 2.75) is 37.5 Å². The molecule has 4 rings (SSSR count). The van der Waals surface area contributed by atoms with Crippen molar-refractivity contribution in [3.05, 3.63) is 88.2 Å². The zero-order chi connectivity index (χ0) is 31.5. The highest BCUT2D eigenvalue weighted by Crippen LogP contribution is 2.26. The molecule has 6 N–H and O–H groups in total. The van der Waals surface area contributed by atoms with Gasteiger partial charge >= 0.3 is 11.5 Å². The van der Waals surface area contributed by atoms with Gasteiger partial charge in [0.05, 0.1) is 11.1 Å². The lowest BCUT2D eigenvalue weighted by molar-refractivity contribution is -0.0433. The first-order chi connectivity index (χ1) is 20.1. The lowest BCUT2D eigenvalue weighted by Gasteiger charge is -2.18. The molecule has 230 valence electrons. The number of aromatic carboxylic acids is 1. The van der Waals surface area contributed by atoms with Gasteiger partial charge in [0.2, 0.25) is 0 Å². The highest BCUT2D eigenvalue weighted by molar-refractivity contribution is 7.92.